The predicted octanol–water partition coefficient (Wildman–Crippen LogP) is 1.61. The number of rotatable bonds is 8. The molecule has 1 aliphatic carbocycles. The second kappa shape index (κ2) is 9.78. The maximum Gasteiger partial charge on any atom is 0.0558 e. The zero-order valence-corrected chi connectivity index (χ0v) is 13.5. The van der Waals surface area contributed by atoms with Crippen molar-refractivity contribution in [3.8, 4) is 0 Å². The van der Waals surface area contributed by atoms with Crippen molar-refractivity contribution >= 4 is 0 Å². The number of nitrogens with zero attached hydrogens (tertiary/aromatic N) is 1. The Morgan fingerprint density at radius 3 is 2.48 bits per heavy atom. The van der Waals surface area contributed by atoms with Crippen molar-refractivity contribution in [2.75, 3.05) is 39.4 Å². The molecule has 0 bridgehead atoms. The van der Waals surface area contributed by atoms with Gasteiger partial charge >= 0.3 is 0 Å². The van der Waals surface area contributed by atoms with Gasteiger partial charge in [0.1, 0.15) is 0 Å². The molecule has 2 unspecified atom stereocenters. The summed E-state index contributed by atoms with van der Waals surface area (Å²) in [5, 5.41) is 22.0. The van der Waals surface area contributed by atoms with E-state index in [1.54, 1.807) is 0 Å². The van der Waals surface area contributed by atoms with Crippen molar-refractivity contribution in [2.45, 2.75) is 57.4 Å². The average molecular weight is 298 g/mol. The third kappa shape index (κ3) is 6.23. The second-order valence-corrected chi connectivity index (χ2v) is 7.06. The van der Waals surface area contributed by atoms with Gasteiger partial charge in [-0.25, -0.2) is 0 Å². The van der Waals surface area contributed by atoms with Crippen molar-refractivity contribution in [1.82, 2.24) is 10.2 Å². The molecule has 1 saturated carbocycles. The highest BCUT2D eigenvalue weighted by Gasteiger charge is 2.27. The Bertz CT molecular complexity index is 270. The van der Waals surface area contributed by atoms with Crippen LogP contribution < -0.4 is 5.32 Å². The minimum absolute atomic E-state index is 0.252. The van der Waals surface area contributed by atoms with Gasteiger partial charge in [-0.15, -0.1) is 0 Å². The molecule has 0 amide bonds. The maximum atomic E-state index is 9.20. The molecule has 1 aliphatic heterocycles. The lowest BCUT2D eigenvalue weighted by Crippen LogP contribution is -2.50. The number of β-amino-alcohol motifs (C(OH)–C–C–N with tert-alkyl or cyclic N) is 1. The lowest BCUT2D eigenvalue weighted by atomic mass is 9.87. The average Bonchev–Trinajstić information content (AvgIpc) is 2.52. The molecule has 4 nitrogen and oxygen atoms in total. The fourth-order valence-electron chi connectivity index (χ4n) is 4.09. The minimum atomic E-state index is 0.252. The first-order valence-electron chi connectivity index (χ1n) is 8.99. The normalized spacial score (nSPS) is 28.9. The highest BCUT2D eigenvalue weighted by Crippen LogP contribution is 2.25. The van der Waals surface area contributed by atoms with Crippen LogP contribution in [0, 0.1) is 11.8 Å². The van der Waals surface area contributed by atoms with E-state index in [2.05, 4.69) is 10.2 Å². The SMILES string of the molecule is OCCCC1CC(NCC2CCCCC2)CN(CCO)C1. The van der Waals surface area contributed by atoms with Gasteiger partial charge in [0.25, 0.3) is 0 Å². The highest BCUT2D eigenvalue weighted by molar-refractivity contribution is 4.84. The Morgan fingerprint density at radius 1 is 0.952 bits per heavy atom. The second-order valence-electron chi connectivity index (χ2n) is 7.06. The van der Waals surface area contributed by atoms with E-state index in [9.17, 15) is 5.11 Å². The molecular formula is C17H34N2O2. The van der Waals surface area contributed by atoms with Crippen molar-refractivity contribution in [3.05, 3.63) is 0 Å². The van der Waals surface area contributed by atoms with Crippen LogP contribution in [-0.2, 0) is 0 Å². The first-order chi connectivity index (χ1) is 10.3. The summed E-state index contributed by atoms with van der Waals surface area (Å²) >= 11 is 0. The minimum Gasteiger partial charge on any atom is -0.396 e. The number of piperidine rings is 1. The van der Waals surface area contributed by atoms with E-state index in [1.165, 1.54) is 45.1 Å². The van der Waals surface area contributed by atoms with Crippen LogP contribution in [0.15, 0.2) is 0 Å². The largest absolute Gasteiger partial charge is 0.396 e. The number of hydrogen-bond donors (Lipinski definition) is 3. The number of aliphatic hydroxyl groups is 2. The molecule has 1 saturated heterocycles. The molecule has 0 spiro atoms. The summed E-state index contributed by atoms with van der Waals surface area (Å²) in [6, 6.07) is 0.566. The van der Waals surface area contributed by atoms with Crippen LogP contribution in [0.3, 0.4) is 0 Å². The molecule has 3 N–H and O–H groups in total. The number of likely N-dealkylation sites (tertiary alicyclic amines) is 1. The van der Waals surface area contributed by atoms with Crippen LogP contribution >= 0.6 is 0 Å². The van der Waals surface area contributed by atoms with Crippen LogP contribution in [0.5, 0.6) is 0 Å². The maximum absolute atomic E-state index is 9.20. The van der Waals surface area contributed by atoms with Gasteiger partial charge in [0.15, 0.2) is 0 Å². The summed E-state index contributed by atoms with van der Waals surface area (Å²) in [7, 11) is 0. The van der Waals surface area contributed by atoms with E-state index < -0.39 is 0 Å². The summed E-state index contributed by atoms with van der Waals surface area (Å²) < 4.78 is 0. The van der Waals surface area contributed by atoms with E-state index >= 15 is 0 Å². The van der Waals surface area contributed by atoms with Gasteiger partial charge in [-0.1, -0.05) is 19.3 Å². The first-order valence-corrected chi connectivity index (χ1v) is 8.99. The molecule has 2 rings (SSSR count). The summed E-state index contributed by atoms with van der Waals surface area (Å²) in [5.74, 6) is 1.55. The summed E-state index contributed by atoms with van der Waals surface area (Å²) in [4.78, 5) is 2.39. The summed E-state index contributed by atoms with van der Waals surface area (Å²) in [6.07, 6.45) is 10.3. The molecular weight excluding hydrogens is 264 g/mol. The fraction of sp³-hybridized carbons (Fsp3) is 1.00. The standard InChI is InChI=1S/C17H34N2O2/c20-9-4-7-16-11-17(14-19(13-16)8-10-21)18-12-15-5-2-1-3-6-15/h15-18,20-21H,1-14H2. The van der Waals surface area contributed by atoms with Crippen LogP contribution in [0.4, 0.5) is 0 Å². The van der Waals surface area contributed by atoms with E-state index in [-0.39, 0.29) is 6.61 Å². The fourth-order valence-corrected chi connectivity index (χ4v) is 4.09. The molecule has 21 heavy (non-hydrogen) atoms. The van der Waals surface area contributed by atoms with Crippen molar-refractivity contribution in [2.24, 2.45) is 11.8 Å². The lowest BCUT2D eigenvalue weighted by Gasteiger charge is -2.39. The highest BCUT2D eigenvalue weighted by atomic mass is 16.3. The third-order valence-electron chi connectivity index (χ3n) is 5.22. The monoisotopic (exact) mass is 298 g/mol. The van der Waals surface area contributed by atoms with Crippen LogP contribution in [-0.4, -0.2) is 60.5 Å². The Balaban J connectivity index is 1.75. The van der Waals surface area contributed by atoms with E-state index in [4.69, 9.17) is 5.11 Å². The molecule has 0 aromatic carbocycles. The van der Waals surface area contributed by atoms with Crippen LogP contribution in [0.2, 0.25) is 0 Å². The summed E-state index contributed by atoms with van der Waals surface area (Å²) in [5.41, 5.74) is 0. The Labute approximate surface area is 129 Å². The van der Waals surface area contributed by atoms with E-state index in [0.29, 0.717) is 18.6 Å². The van der Waals surface area contributed by atoms with Crippen molar-refractivity contribution in [3.63, 3.8) is 0 Å². The van der Waals surface area contributed by atoms with Gasteiger partial charge in [-0.2, -0.15) is 0 Å². The molecule has 1 heterocycles. The van der Waals surface area contributed by atoms with Gasteiger partial charge in [0.2, 0.25) is 0 Å². The molecule has 4 heteroatoms. The molecule has 2 atom stereocenters. The van der Waals surface area contributed by atoms with Crippen molar-refractivity contribution < 1.29 is 10.2 Å². The predicted molar refractivity (Wildman–Crippen MR) is 86.3 cm³/mol. The van der Waals surface area contributed by atoms with E-state index in [0.717, 1.165) is 38.4 Å². The zero-order valence-electron chi connectivity index (χ0n) is 13.5. The molecule has 2 fully saturated rings. The Hall–Kier alpha value is -0.160. The first kappa shape index (κ1) is 17.2. The van der Waals surface area contributed by atoms with Crippen LogP contribution in [0.25, 0.3) is 0 Å². The number of aliphatic hydroxyl groups excluding tert-OH is 2. The lowest BCUT2D eigenvalue weighted by molar-refractivity contribution is 0.106. The molecule has 124 valence electrons. The number of hydrogen-bond acceptors (Lipinski definition) is 4. The Morgan fingerprint density at radius 2 is 1.76 bits per heavy atom. The Kier molecular flexibility index (Phi) is 8.01. The topological polar surface area (TPSA) is 55.7 Å². The van der Waals surface area contributed by atoms with Gasteiger partial charge in [0.05, 0.1) is 6.61 Å². The zero-order chi connectivity index (χ0) is 14.9. The molecule has 0 aromatic rings. The van der Waals surface area contributed by atoms with Crippen molar-refractivity contribution in [1.29, 1.82) is 0 Å². The molecule has 0 aromatic heterocycles. The van der Waals surface area contributed by atoms with Crippen LogP contribution in [0.1, 0.15) is 51.4 Å². The van der Waals surface area contributed by atoms with Gasteiger partial charge in [-0.3, -0.25) is 4.90 Å². The van der Waals surface area contributed by atoms with Gasteiger partial charge in [0, 0.05) is 32.3 Å². The molecule has 0 radical (unpaired) electrons. The number of nitrogens with one attached hydrogen (secondary N) is 1. The third-order valence-corrected chi connectivity index (χ3v) is 5.22. The molecule has 2 aliphatic rings. The van der Waals surface area contributed by atoms with Gasteiger partial charge < -0.3 is 15.5 Å². The summed E-state index contributed by atoms with van der Waals surface area (Å²) in [6.45, 7) is 4.67. The van der Waals surface area contributed by atoms with E-state index in [1.807, 2.05) is 0 Å². The quantitative estimate of drug-likeness (QED) is 0.637. The van der Waals surface area contributed by atoms with Gasteiger partial charge in [-0.05, 0) is 50.5 Å². The smallest absolute Gasteiger partial charge is 0.0558 e.